The third kappa shape index (κ3) is 3.80. The summed E-state index contributed by atoms with van der Waals surface area (Å²) in [5.74, 6) is 0.402. The van der Waals surface area contributed by atoms with Crippen molar-refractivity contribution in [1.29, 1.82) is 0 Å². The summed E-state index contributed by atoms with van der Waals surface area (Å²) in [6, 6.07) is 13.1. The lowest BCUT2D eigenvalue weighted by molar-refractivity contribution is 0.502. The summed E-state index contributed by atoms with van der Waals surface area (Å²) in [5.41, 5.74) is 1.23. The number of nitrogens with zero attached hydrogens (tertiary/aromatic N) is 4. The van der Waals surface area contributed by atoms with E-state index in [0.29, 0.717) is 33.4 Å². The molecule has 0 aliphatic heterocycles. The number of thioether (sulfide) groups is 1. The van der Waals surface area contributed by atoms with Crippen LogP contribution in [0.4, 0.5) is 4.39 Å². The second kappa shape index (κ2) is 7.79. The molecule has 0 amide bonds. The lowest BCUT2D eigenvalue weighted by Crippen LogP contribution is -2.25. The molecule has 6 nitrogen and oxygen atoms in total. The average molecular weight is 410 g/mol. The molecule has 1 atom stereocenters. The third-order valence-electron chi connectivity index (χ3n) is 4.45. The highest BCUT2D eigenvalue weighted by Crippen LogP contribution is 2.35. The van der Waals surface area contributed by atoms with Crippen LogP contribution in [0.15, 0.2) is 62.9 Å². The Morgan fingerprint density at radius 2 is 1.76 bits per heavy atom. The number of fused-ring (bicyclic) bond motifs is 1. The van der Waals surface area contributed by atoms with Gasteiger partial charge in [0.05, 0.1) is 16.2 Å². The van der Waals surface area contributed by atoms with Crippen molar-refractivity contribution in [1.82, 2.24) is 19.7 Å². The number of aromatic nitrogens is 4. The Balaban J connectivity index is 1.67. The van der Waals surface area contributed by atoms with Crippen LogP contribution in [-0.4, -0.2) is 19.7 Å². The molecule has 0 fully saturated rings. The van der Waals surface area contributed by atoms with Crippen LogP contribution >= 0.6 is 11.8 Å². The number of hydrogen-bond acceptors (Lipinski definition) is 6. The van der Waals surface area contributed by atoms with Crippen molar-refractivity contribution in [2.75, 3.05) is 0 Å². The molecule has 0 aliphatic carbocycles. The molecule has 0 bridgehead atoms. The summed E-state index contributed by atoms with van der Waals surface area (Å²) >= 11 is 1.39. The second-order valence-corrected chi connectivity index (χ2v) is 8.20. The summed E-state index contributed by atoms with van der Waals surface area (Å²) < 4.78 is 20.6. The maximum absolute atomic E-state index is 13.1. The van der Waals surface area contributed by atoms with Gasteiger partial charge in [-0.1, -0.05) is 23.9 Å². The minimum absolute atomic E-state index is 0.0493. The van der Waals surface area contributed by atoms with Crippen molar-refractivity contribution in [3.05, 3.63) is 70.6 Å². The number of hydrogen-bond donors (Lipinski definition) is 0. The van der Waals surface area contributed by atoms with Gasteiger partial charge in [0.1, 0.15) is 5.82 Å². The normalized spacial score (nSPS) is 12.6. The minimum atomic E-state index is -0.327. The molecule has 2 aromatic carbocycles. The largest absolute Gasteiger partial charge is 0.419 e. The summed E-state index contributed by atoms with van der Waals surface area (Å²) in [7, 11) is 0. The minimum Gasteiger partial charge on any atom is -0.419 e. The molecule has 0 spiro atoms. The highest BCUT2D eigenvalue weighted by atomic mass is 32.2. The van der Waals surface area contributed by atoms with E-state index in [1.54, 1.807) is 22.8 Å². The fourth-order valence-electron chi connectivity index (χ4n) is 2.98. The highest BCUT2D eigenvalue weighted by Gasteiger charge is 2.21. The van der Waals surface area contributed by atoms with E-state index in [-0.39, 0.29) is 22.7 Å². The average Bonchev–Trinajstić information content (AvgIpc) is 3.19. The monoisotopic (exact) mass is 410 g/mol. The zero-order valence-electron chi connectivity index (χ0n) is 16.2. The zero-order valence-corrected chi connectivity index (χ0v) is 17.0. The fourth-order valence-corrected chi connectivity index (χ4v) is 4.05. The molecular weight excluding hydrogens is 391 g/mol. The van der Waals surface area contributed by atoms with Gasteiger partial charge in [-0.05, 0) is 57.2 Å². The maximum Gasteiger partial charge on any atom is 0.262 e. The molecule has 8 heteroatoms. The van der Waals surface area contributed by atoms with Gasteiger partial charge in [0.2, 0.25) is 11.8 Å². The van der Waals surface area contributed by atoms with Gasteiger partial charge < -0.3 is 4.42 Å². The van der Waals surface area contributed by atoms with E-state index in [0.717, 1.165) is 0 Å². The fraction of sp³-hybridized carbons (Fsp3) is 0.238. The van der Waals surface area contributed by atoms with Crippen LogP contribution in [0.2, 0.25) is 0 Å². The van der Waals surface area contributed by atoms with Gasteiger partial charge in [-0.25, -0.2) is 9.37 Å². The Labute approximate surface area is 170 Å². The van der Waals surface area contributed by atoms with Gasteiger partial charge in [0.15, 0.2) is 5.16 Å². The van der Waals surface area contributed by atoms with Crippen molar-refractivity contribution < 1.29 is 8.81 Å². The molecule has 29 heavy (non-hydrogen) atoms. The predicted molar refractivity (Wildman–Crippen MR) is 110 cm³/mol. The smallest absolute Gasteiger partial charge is 0.262 e. The third-order valence-corrected chi connectivity index (χ3v) is 5.51. The summed E-state index contributed by atoms with van der Waals surface area (Å²) in [6.45, 7) is 5.82. The van der Waals surface area contributed by atoms with Gasteiger partial charge in [-0.15, -0.1) is 10.2 Å². The first-order valence-electron chi connectivity index (χ1n) is 9.21. The van der Waals surface area contributed by atoms with Crippen molar-refractivity contribution >= 4 is 22.7 Å². The lowest BCUT2D eigenvalue weighted by Gasteiger charge is -2.17. The van der Waals surface area contributed by atoms with Crippen LogP contribution in [0.5, 0.6) is 0 Å². The molecule has 0 saturated heterocycles. The molecule has 0 N–H and O–H groups in total. The van der Waals surface area contributed by atoms with E-state index < -0.39 is 0 Å². The molecule has 4 aromatic rings. The molecule has 148 valence electrons. The van der Waals surface area contributed by atoms with Crippen molar-refractivity contribution in [3.8, 4) is 11.5 Å². The number of benzene rings is 2. The SMILES string of the molecule is CC(C)n1c(S[C@@H](C)c2nnc(-c3ccc(F)cc3)o2)nc2ccccc2c1=O. The van der Waals surface area contributed by atoms with Crippen LogP contribution in [0, 0.1) is 5.82 Å². The van der Waals surface area contributed by atoms with Crippen molar-refractivity contribution in [3.63, 3.8) is 0 Å². The summed E-state index contributed by atoms with van der Waals surface area (Å²) in [5, 5.41) is 9.15. The quantitative estimate of drug-likeness (QED) is 0.340. The molecule has 4 rings (SSSR count). The second-order valence-electron chi connectivity index (χ2n) is 6.89. The first kappa shape index (κ1) is 19.3. The molecular formula is C21H19FN4O2S. The summed E-state index contributed by atoms with van der Waals surface area (Å²) in [6.07, 6.45) is 0. The van der Waals surface area contributed by atoms with Crippen LogP contribution in [0.3, 0.4) is 0 Å². The molecule has 2 heterocycles. The number of para-hydroxylation sites is 1. The van der Waals surface area contributed by atoms with Crippen LogP contribution in [0.1, 0.15) is 38.0 Å². The Kier molecular flexibility index (Phi) is 5.19. The zero-order chi connectivity index (χ0) is 20.5. The van der Waals surface area contributed by atoms with E-state index in [4.69, 9.17) is 9.40 Å². The van der Waals surface area contributed by atoms with Gasteiger partial charge >= 0.3 is 0 Å². The van der Waals surface area contributed by atoms with E-state index in [1.165, 1.54) is 23.9 Å². The van der Waals surface area contributed by atoms with Gasteiger partial charge in [0.25, 0.3) is 5.56 Å². The van der Waals surface area contributed by atoms with E-state index in [1.807, 2.05) is 39.0 Å². The van der Waals surface area contributed by atoms with Crippen molar-refractivity contribution in [2.45, 2.75) is 37.2 Å². The molecule has 0 radical (unpaired) electrons. The first-order chi connectivity index (χ1) is 13.9. The van der Waals surface area contributed by atoms with Crippen LogP contribution < -0.4 is 5.56 Å². The number of halogens is 1. The maximum atomic E-state index is 13.1. The topological polar surface area (TPSA) is 73.8 Å². The number of rotatable bonds is 5. The Bertz CT molecular complexity index is 1220. The molecule has 0 aliphatic rings. The Hall–Kier alpha value is -3.00. The van der Waals surface area contributed by atoms with Gasteiger partial charge in [0, 0.05) is 11.6 Å². The highest BCUT2D eigenvalue weighted by molar-refractivity contribution is 7.99. The van der Waals surface area contributed by atoms with Crippen molar-refractivity contribution in [2.24, 2.45) is 0 Å². The molecule has 0 unspecified atom stereocenters. The van der Waals surface area contributed by atoms with E-state index in [9.17, 15) is 9.18 Å². The predicted octanol–water partition coefficient (Wildman–Crippen LogP) is 5.02. The first-order valence-corrected chi connectivity index (χ1v) is 10.1. The lowest BCUT2D eigenvalue weighted by atomic mass is 10.2. The van der Waals surface area contributed by atoms with Gasteiger partial charge in [-0.3, -0.25) is 9.36 Å². The molecule has 0 saturated carbocycles. The van der Waals surface area contributed by atoms with Gasteiger partial charge in [-0.2, -0.15) is 0 Å². The van der Waals surface area contributed by atoms with E-state index >= 15 is 0 Å². The summed E-state index contributed by atoms with van der Waals surface area (Å²) in [4.78, 5) is 17.6. The standard InChI is InChI=1S/C21H19FN4O2S/c1-12(2)26-20(27)16-6-4-5-7-17(16)23-21(26)29-13(3)18-24-25-19(28-18)14-8-10-15(22)11-9-14/h4-13H,1-3H3/t13-/m0/s1. The Morgan fingerprint density at radius 3 is 2.48 bits per heavy atom. The van der Waals surface area contributed by atoms with E-state index in [2.05, 4.69) is 10.2 Å². The van der Waals surface area contributed by atoms with Crippen LogP contribution in [0.25, 0.3) is 22.4 Å². The van der Waals surface area contributed by atoms with Crippen LogP contribution in [-0.2, 0) is 0 Å². The Morgan fingerprint density at radius 1 is 1.03 bits per heavy atom. The molecule has 2 aromatic heterocycles.